The highest BCUT2D eigenvalue weighted by molar-refractivity contribution is 7.90. The van der Waals surface area contributed by atoms with Gasteiger partial charge in [-0.25, -0.2) is 13.2 Å². The van der Waals surface area contributed by atoms with Gasteiger partial charge >= 0.3 is 5.97 Å². The Kier molecular flexibility index (Phi) is 4.20. The van der Waals surface area contributed by atoms with E-state index in [9.17, 15) is 13.2 Å². The maximum atomic E-state index is 11.8. The molecule has 2 heterocycles. The first-order chi connectivity index (χ1) is 9.52. The summed E-state index contributed by atoms with van der Waals surface area (Å²) in [5.41, 5.74) is 0.334. The van der Waals surface area contributed by atoms with Gasteiger partial charge in [-0.05, 0) is 18.6 Å². The molecule has 0 saturated carbocycles. The Bertz CT molecular complexity index is 640. The molecule has 0 amide bonds. The van der Waals surface area contributed by atoms with Crippen LogP contribution in [0.5, 0.6) is 0 Å². The average Bonchev–Trinajstić information content (AvgIpc) is 2.42. The van der Waals surface area contributed by atoms with Crippen LogP contribution in [0.25, 0.3) is 0 Å². The summed E-state index contributed by atoms with van der Waals surface area (Å²) < 4.78 is 31.3. The second-order valence-corrected chi connectivity index (χ2v) is 6.00. The lowest BCUT2D eigenvalue weighted by Gasteiger charge is -2.26. The highest BCUT2D eigenvalue weighted by Gasteiger charge is 2.25. The van der Waals surface area contributed by atoms with Crippen molar-refractivity contribution in [2.45, 2.75) is 12.8 Å². The van der Waals surface area contributed by atoms with Gasteiger partial charge in [-0.3, -0.25) is 0 Å². The predicted octanol–water partition coefficient (Wildman–Crippen LogP) is 0.331. The van der Waals surface area contributed by atoms with Crippen LogP contribution in [-0.4, -0.2) is 44.0 Å². The third-order valence-electron chi connectivity index (χ3n) is 2.73. The molecule has 2 rings (SSSR count). The van der Waals surface area contributed by atoms with Gasteiger partial charge in [-0.15, -0.1) is 4.40 Å². The number of amidine groups is 1. The summed E-state index contributed by atoms with van der Waals surface area (Å²) in [7, 11) is -3.39. The Hall–Kier alpha value is -2.14. The van der Waals surface area contributed by atoms with Crippen LogP contribution < -0.4 is 0 Å². The molecule has 0 bridgehead atoms. The molecule has 0 fully saturated rings. The summed E-state index contributed by atoms with van der Waals surface area (Å²) in [6.07, 6.45) is 5.31. The highest BCUT2D eigenvalue weighted by atomic mass is 32.2. The van der Waals surface area contributed by atoms with Crippen molar-refractivity contribution in [3.8, 4) is 6.07 Å². The third kappa shape index (κ3) is 3.45. The third-order valence-corrected chi connectivity index (χ3v) is 3.89. The molecule has 106 valence electrons. The Morgan fingerprint density at radius 3 is 3.05 bits per heavy atom. The number of carbonyl (C=O) groups excluding carboxylic acids is 1. The van der Waals surface area contributed by atoms with E-state index in [0.717, 1.165) is 0 Å². The molecule has 0 unspecified atom stereocenters. The molecule has 0 aromatic rings. The lowest BCUT2D eigenvalue weighted by molar-refractivity contribution is -0.138. The molecule has 2 aliphatic heterocycles. The summed E-state index contributed by atoms with van der Waals surface area (Å²) in [4.78, 5) is 13.4. The standard InChI is InChI=1S/C12H13N3O4S/c13-5-1-2-7-19-12(16)10-3-4-11-14-20(17,18)8-6-15(11)9-10/h3-4,9H,1-2,6-8H2. The number of esters is 1. The molecular weight excluding hydrogens is 282 g/mol. The zero-order valence-electron chi connectivity index (χ0n) is 10.7. The molecular formula is C12H13N3O4S. The molecule has 0 aliphatic carbocycles. The van der Waals surface area contributed by atoms with Crippen molar-refractivity contribution in [3.05, 3.63) is 23.9 Å². The SMILES string of the molecule is N#CCCCOC(=O)C1=CN2CCS(=O)(=O)N=C2C=C1. The fraction of sp³-hybridized carbons (Fsp3) is 0.417. The van der Waals surface area contributed by atoms with Gasteiger partial charge in [0.05, 0.1) is 24.0 Å². The molecule has 0 atom stereocenters. The van der Waals surface area contributed by atoms with Crippen molar-refractivity contribution < 1.29 is 17.9 Å². The van der Waals surface area contributed by atoms with Gasteiger partial charge < -0.3 is 9.64 Å². The summed E-state index contributed by atoms with van der Waals surface area (Å²) in [6.45, 7) is 0.448. The van der Waals surface area contributed by atoms with Crippen molar-refractivity contribution in [1.29, 1.82) is 5.26 Å². The Balaban J connectivity index is 2.00. The smallest absolute Gasteiger partial charge is 0.339 e. The van der Waals surface area contributed by atoms with Crippen LogP contribution in [0.15, 0.2) is 28.3 Å². The van der Waals surface area contributed by atoms with Crippen LogP contribution >= 0.6 is 0 Å². The molecule has 2 aliphatic rings. The number of nitriles is 1. The summed E-state index contributed by atoms with van der Waals surface area (Å²) in [6, 6.07) is 1.97. The number of ether oxygens (including phenoxy) is 1. The summed E-state index contributed by atoms with van der Waals surface area (Å²) in [5.74, 6) is -0.269. The number of fused-ring (bicyclic) bond motifs is 1. The fourth-order valence-electron chi connectivity index (χ4n) is 1.72. The number of hydrogen-bond acceptors (Lipinski definition) is 6. The molecule has 0 N–H and O–H groups in total. The lowest BCUT2D eigenvalue weighted by atomic mass is 10.2. The minimum atomic E-state index is -3.39. The number of hydrogen-bond donors (Lipinski definition) is 0. The number of unbranched alkanes of at least 4 members (excludes halogenated alkanes) is 1. The average molecular weight is 295 g/mol. The second-order valence-electron chi connectivity index (χ2n) is 4.24. The predicted molar refractivity (Wildman–Crippen MR) is 71.0 cm³/mol. The van der Waals surface area contributed by atoms with E-state index in [1.54, 1.807) is 4.90 Å². The van der Waals surface area contributed by atoms with Gasteiger partial charge in [-0.1, -0.05) is 0 Å². The molecule has 0 aromatic carbocycles. The van der Waals surface area contributed by atoms with E-state index in [1.165, 1.54) is 18.4 Å². The zero-order chi connectivity index (χ0) is 14.6. The number of carbonyl (C=O) groups is 1. The van der Waals surface area contributed by atoms with E-state index in [0.29, 0.717) is 24.3 Å². The molecule has 20 heavy (non-hydrogen) atoms. The van der Waals surface area contributed by atoms with Gasteiger partial charge in [0.25, 0.3) is 10.0 Å². The van der Waals surface area contributed by atoms with Crippen LogP contribution in [0.4, 0.5) is 0 Å². The Labute approximate surface area is 116 Å². The molecule has 8 heteroatoms. The summed E-state index contributed by atoms with van der Waals surface area (Å²) in [5, 5.41) is 8.37. The fourth-order valence-corrected chi connectivity index (χ4v) is 2.69. The molecule has 0 aromatic heterocycles. The molecule has 0 spiro atoms. The number of sulfonamides is 1. The van der Waals surface area contributed by atoms with E-state index in [-0.39, 0.29) is 18.9 Å². The normalized spacial score (nSPS) is 19.4. The van der Waals surface area contributed by atoms with Crippen LogP contribution in [-0.2, 0) is 19.6 Å². The van der Waals surface area contributed by atoms with Crippen molar-refractivity contribution in [2.24, 2.45) is 4.40 Å². The number of rotatable bonds is 4. The van der Waals surface area contributed by atoms with E-state index < -0.39 is 16.0 Å². The van der Waals surface area contributed by atoms with Gasteiger partial charge in [0.2, 0.25) is 0 Å². The molecule has 7 nitrogen and oxygen atoms in total. The van der Waals surface area contributed by atoms with Crippen LogP contribution in [0.2, 0.25) is 0 Å². The Morgan fingerprint density at radius 2 is 2.30 bits per heavy atom. The van der Waals surface area contributed by atoms with Gasteiger partial charge in [0.1, 0.15) is 5.84 Å². The van der Waals surface area contributed by atoms with Crippen molar-refractivity contribution >= 4 is 21.8 Å². The first-order valence-electron chi connectivity index (χ1n) is 6.05. The van der Waals surface area contributed by atoms with Gasteiger partial charge in [0, 0.05) is 19.2 Å². The van der Waals surface area contributed by atoms with Crippen LogP contribution in [0.3, 0.4) is 0 Å². The second kappa shape index (κ2) is 5.88. The quantitative estimate of drug-likeness (QED) is 0.547. The molecule has 0 radical (unpaired) electrons. The van der Waals surface area contributed by atoms with Gasteiger partial charge in [-0.2, -0.15) is 5.26 Å². The zero-order valence-corrected chi connectivity index (χ0v) is 11.5. The van der Waals surface area contributed by atoms with Crippen molar-refractivity contribution in [1.82, 2.24) is 4.90 Å². The maximum Gasteiger partial charge on any atom is 0.339 e. The minimum Gasteiger partial charge on any atom is -0.462 e. The van der Waals surface area contributed by atoms with Crippen molar-refractivity contribution in [2.75, 3.05) is 18.9 Å². The lowest BCUT2D eigenvalue weighted by Crippen LogP contribution is -2.37. The van der Waals surface area contributed by atoms with Crippen LogP contribution in [0, 0.1) is 11.3 Å². The maximum absolute atomic E-state index is 11.8. The monoisotopic (exact) mass is 295 g/mol. The largest absolute Gasteiger partial charge is 0.462 e. The van der Waals surface area contributed by atoms with E-state index in [4.69, 9.17) is 10.00 Å². The number of nitrogens with zero attached hydrogens (tertiary/aromatic N) is 3. The first kappa shape index (κ1) is 14.3. The van der Waals surface area contributed by atoms with E-state index >= 15 is 0 Å². The van der Waals surface area contributed by atoms with Crippen LogP contribution in [0.1, 0.15) is 12.8 Å². The van der Waals surface area contributed by atoms with E-state index in [2.05, 4.69) is 4.40 Å². The first-order valence-corrected chi connectivity index (χ1v) is 7.66. The minimum absolute atomic E-state index is 0.0780. The van der Waals surface area contributed by atoms with Gasteiger partial charge in [0.15, 0.2) is 0 Å². The van der Waals surface area contributed by atoms with E-state index in [1.807, 2.05) is 6.07 Å². The highest BCUT2D eigenvalue weighted by Crippen LogP contribution is 2.16. The topological polar surface area (TPSA) is 99.8 Å². The van der Waals surface area contributed by atoms with Crippen molar-refractivity contribution in [3.63, 3.8) is 0 Å². The Morgan fingerprint density at radius 1 is 1.50 bits per heavy atom. The molecule has 0 saturated heterocycles. The summed E-state index contributed by atoms with van der Waals surface area (Å²) >= 11 is 0.